The number of nitrogens with zero attached hydrogens (tertiary/aromatic N) is 2. The SMILES string of the molecule is O=C(NCc1ccno1)C(=O)N1CCNCC1. The van der Waals surface area contributed by atoms with Crippen molar-refractivity contribution in [3.63, 3.8) is 0 Å². The molecule has 2 N–H and O–H groups in total. The minimum Gasteiger partial charge on any atom is -0.360 e. The second-order valence-electron chi connectivity index (χ2n) is 3.70. The van der Waals surface area contributed by atoms with E-state index in [-0.39, 0.29) is 6.54 Å². The van der Waals surface area contributed by atoms with Crippen molar-refractivity contribution in [1.82, 2.24) is 20.7 Å². The molecular formula is C10H14N4O3. The van der Waals surface area contributed by atoms with Gasteiger partial charge in [-0.25, -0.2) is 0 Å². The van der Waals surface area contributed by atoms with Gasteiger partial charge in [-0.15, -0.1) is 0 Å². The lowest BCUT2D eigenvalue weighted by Gasteiger charge is -2.26. The van der Waals surface area contributed by atoms with Crippen LogP contribution in [0.5, 0.6) is 0 Å². The summed E-state index contributed by atoms with van der Waals surface area (Å²) in [5.41, 5.74) is 0. The van der Waals surface area contributed by atoms with Crippen molar-refractivity contribution in [3.05, 3.63) is 18.0 Å². The first-order chi connectivity index (χ1) is 8.27. The Bertz CT molecular complexity index is 384. The lowest BCUT2D eigenvalue weighted by molar-refractivity contribution is -0.146. The van der Waals surface area contributed by atoms with Gasteiger partial charge in [0.25, 0.3) is 0 Å². The highest BCUT2D eigenvalue weighted by Crippen LogP contribution is 1.97. The zero-order valence-electron chi connectivity index (χ0n) is 9.31. The van der Waals surface area contributed by atoms with Crippen LogP contribution in [0.15, 0.2) is 16.8 Å². The van der Waals surface area contributed by atoms with Crippen molar-refractivity contribution in [2.45, 2.75) is 6.54 Å². The fourth-order valence-corrected chi connectivity index (χ4v) is 1.59. The first-order valence-electron chi connectivity index (χ1n) is 5.45. The molecule has 1 fully saturated rings. The Morgan fingerprint density at radius 1 is 1.47 bits per heavy atom. The molecule has 0 bridgehead atoms. The van der Waals surface area contributed by atoms with Crippen molar-refractivity contribution < 1.29 is 14.1 Å². The molecule has 1 saturated heterocycles. The summed E-state index contributed by atoms with van der Waals surface area (Å²) in [5.74, 6) is -0.583. The van der Waals surface area contributed by atoms with Gasteiger partial charge in [0, 0.05) is 32.2 Å². The first kappa shape index (κ1) is 11.6. The van der Waals surface area contributed by atoms with Gasteiger partial charge in [-0.1, -0.05) is 5.16 Å². The molecule has 2 rings (SSSR count). The molecule has 0 spiro atoms. The van der Waals surface area contributed by atoms with E-state index in [2.05, 4.69) is 15.8 Å². The zero-order valence-corrected chi connectivity index (χ0v) is 9.31. The van der Waals surface area contributed by atoms with Crippen LogP contribution in [-0.2, 0) is 16.1 Å². The van der Waals surface area contributed by atoms with Gasteiger partial charge in [0.05, 0.1) is 12.7 Å². The summed E-state index contributed by atoms with van der Waals surface area (Å²) in [6.07, 6.45) is 1.49. The van der Waals surface area contributed by atoms with Crippen LogP contribution in [0.2, 0.25) is 0 Å². The Hall–Kier alpha value is -1.89. The minimum atomic E-state index is -0.608. The molecule has 7 nitrogen and oxygen atoms in total. The highest BCUT2D eigenvalue weighted by atomic mass is 16.5. The van der Waals surface area contributed by atoms with E-state index < -0.39 is 11.8 Å². The van der Waals surface area contributed by atoms with Gasteiger partial charge in [-0.05, 0) is 0 Å². The second kappa shape index (κ2) is 5.44. The number of hydrogen-bond acceptors (Lipinski definition) is 5. The topological polar surface area (TPSA) is 87.5 Å². The van der Waals surface area contributed by atoms with E-state index in [4.69, 9.17) is 4.52 Å². The molecule has 1 aromatic heterocycles. The van der Waals surface area contributed by atoms with Crippen LogP contribution in [0.4, 0.5) is 0 Å². The second-order valence-corrected chi connectivity index (χ2v) is 3.70. The van der Waals surface area contributed by atoms with Gasteiger partial charge in [0.15, 0.2) is 5.76 Å². The average molecular weight is 238 g/mol. The van der Waals surface area contributed by atoms with Crippen molar-refractivity contribution >= 4 is 11.8 Å². The molecule has 1 aromatic rings. The molecule has 2 amide bonds. The number of carbonyl (C=O) groups excluding carboxylic acids is 2. The quantitative estimate of drug-likeness (QED) is 0.627. The van der Waals surface area contributed by atoms with E-state index in [9.17, 15) is 9.59 Å². The van der Waals surface area contributed by atoms with E-state index in [0.29, 0.717) is 18.8 Å². The molecule has 1 aliphatic rings. The lowest BCUT2D eigenvalue weighted by atomic mass is 10.3. The number of carbonyl (C=O) groups is 2. The van der Waals surface area contributed by atoms with Gasteiger partial charge in [-0.3, -0.25) is 9.59 Å². The predicted molar refractivity (Wildman–Crippen MR) is 57.8 cm³/mol. The molecule has 0 atom stereocenters. The summed E-state index contributed by atoms with van der Waals surface area (Å²) in [7, 11) is 0. The highest BCUT2D eigenvalue weighted by molar-refractivity contribution is 6.34. The van der Waals surface area contributed by atoms with E-state index in [0.717, 1.165) is 13.1 Å². The molecular weight excluding hydrogens is 224 g/mol. The van der Waals surface area contributed by atoms with Crippen LogP contribution in [0.3, 0.4) is 0 Å². The Labute approximate surface area is 98.1 Å². The molecule has 1 aliphatic heterocycles. The van der Waals surface area contributed by atoms with Crippen LogP contribution in [-0.4, -0.2) is 48.0 Å². The minimum absolute atomic E-state index is 0.177. The maximum absolute atomic E-state index is 11.7. The molecule has 7 heteroatoms. The van der Waals surface area contributed by atoms with E-state index in [1.807, 2.05) is 0 Å². The van der Waals surface area contributed by atoms with Crippen LogP contribution in [0.25, 0.3) is 0 Å². The van der Waals surface area contributed by atoms with Gasteiger partial charge < -0.3 is 20.1 Å². The standard InChI is InChI=1S/C10H14N4O3/c15-9(12-7-8-1-2-13-17-8)10(16)14-5-3-11-4-6-14/h1-2,11H,3-7H2,(H,12,15). The molecule has 2 heterocycles. The van der Waals surface area contributed by atoms with Crippen molar-refractivity contribution in [2.75, 3.05) is 26.2 Å². The average Bonchev–Trinajstić information content (AvgIpc) is 2.89. The van der Waals surface area contributed by atoms with Gasteiger partial charge in [-0.2, -0.15) is 0 Å². The van der Waals surface area contributed by atoms with Crippen LogP contribution >= 0.6 is 0 Å². The van der Waals surface area contributed by atoms with Crippen LogP contribution in [0.1, 0.15) is 5.76 Å². The molecule has 0 aromatic carbocycles. The Morgan fingerprint density at radius 3 is 2.88 bits per heavy atom. The number of nitrogens with one attached hydrogen (secondary N) is 2. The first-order valence-corrected chi connectivity index (χ1v) is 5.45. The fraction of sp³-hybridized carbons (Fsp3) is 0.500. The normalized spacial score (nSPS) is 15.6. The molecule has 0 saturated carbocycles. The molecule has 0 radical (unpaired) electrons. The molecule has 17 heavy (non-hydrogen) atoms. The van der Waals surface area contributed by atoms with Crippen LogP contribution in [0, 0.1) is 0 Å². The summed E-state index contributed by atoms with van der Waals surface area (Å²) < 4.78 is 4.81. The molecule has 0 unspecified atom stereocenters. The van der Waals surface area contributed by atoms with E-state index >= 15 is 0 Å². The molecule has 0 aliphatic carbocycles. The smallest absolute Gasteiger partial charge is 0.311 e. The summed E-state index contributed by atoms with van der Waals surface area (Å²) in [4.78, 5) is 24.8. The Balaban J connectivity index is 1.80. The number of rotatable bonds is 2. The summed E-state index contributed by atoms with van der Waals surface area (Å²) in [6, 6.07) is 1.63. The van der Waals surface area contributed by atoms with E-state index in [1.54, 1.807) is 6.07 Å². The number of hydrogen-bond donors (Lipinski definition) is 2. The lowest BCUT2D eigenvalue weighted by Crippen LogP contribution is -2.51. The van der Waals surface area contributed by atoms with E-state index in [1.165, 1.54) is 11.1 Å². The van der Waals surface area contributed by atoms with Gasteiger partial charge in [0.1, 0.15) is 0 Å². The number of piperazine rings is 1. The third kappa shape index (κ3) is 3.04. The van der Waals surface area contributed by atoms with Crippen molar-refractivity contribution in [2.24, 2.45) is 0 Å². The van der Waals surface area contributed by atoms with Crippen LogP contribution < -0.4 is 10.6 Å². The largest absolute Gasteiger partial charge is 0.360 e. The monoisotopic (exact) mass is 238 g/mol. The van der Waals surface area contributed by atoms with Gasteiger partial charge in [0.2, 0.25) is 0 Å². The van der Waals surface area contributed by atoms with Crippen molar-refractivity contribution in [1.29, 1.82) is 0 Å². The molecule has 92 valence electrons. The summed E-state index contributed by atoms with van der Waals surface area (Å²) >= 11 is 0. The predicted octanol–water partition coefficient (Wildman–Crippen LogP) is -1.28. The Morgan fingerprint density at radius 2 is 2.24 bits per heavy atom. The maximum Gasteiger partial charge on any atom is 0.311 e. The number of aromatic nitrogens is 1. The third-order valence-corrected chi connectivity index (χ3v) is 2.51. The van der Waals surface area contributed by atoms with Crippen molar-refractivity contribution in [3.8, 4) is 0 Å². The third-order valence-electron chi connectivity index (χ3n) is 2.51. The summed E-state index contributed by atoms with van der Waals surface area (Å²) in [6.45, 7) is 2.75. The fourth-order valence-electron chi connectivity index (χ4n) is 1.59. The maximum atomic E-state index is 11.7. The van der Waals surface area contributed by atoms with Gasteiger partial charge >= 0.3 is 11.8 Å². The number of amides is 2. The summed E-state index contributed by atoms with van der Waals surface area (Å²) in [5, 5.41) is 9.12. The highest BCUT2D eigenvalue weighted by Gasteiger charge is 2.22. The Kier molecular flexibility index (Phi) is 3.71. The zero-order chi connectivity index (χ0) is 12.1.